The number of carboxylic acids is 2. The number of hydrogen-bond acceptors (Lipinski definition) is 3. The summed E-state index contributed by atoms with van der Waals surface area (Å²) in [5, 5.41) is 17.0. The molecule has 0 fully saturated rings. The van der Waals surface area contributed by atoms with Gasteiger partial charge in [0.05, 0.1) is 0 Å². The summed E-state index contributed by atoms with van der Waals surface area (Å²) in [6, 6.07) is 0. The summed E-state index contributed by atoms with van der Waals surface area (Å²) < 4.78 is 8.74. The molecule has 0 rings (SSSR count). The van der Waals surface area contributed by atoms with Gasteiger partial charge >= 0.3 is 58.8 Å². The van der Waals surface area contributed by atoms with Gasteiger partial charge in [-0.2, -0.15) is 0 Å². The second-order valence-electron chi connectivity index (χ2n) is 12.5. The van der Waals surface area contributed by atoms with Crippen LogP contribution in [-0.2, 0) is 14.1 Å². The Labute approximate surface area is 310 Å². The van der Waals surface area contributed by atoms with Crippen molar-refractivity contribution in [2.24, 2.45) is 0 Å². The third-order valence-corrected chi connectivity index (χ3v) is 7.99. The number of carbonyl (C=O) groups is 2. The first-order chi connectivity index (χ1) is 21.3. The molecular formula is C36H76CaO7Si. The molecule has 0 radical (unpaired) electrons. The van der Waals surface area contributed by atoms with Gasteiger partial charge in [0.1, 0.15) is 0 Å². The van der Waals surface area contributed by atoms with Gasteiger partial charge in [-0.05, 0) is 12.8 Å². The van der Waals surface area contributed by atoms with Crippen LogP contribution in [-0.4, -0.2) is 78.7 Å². The van der Waals surface area contributed by atoms with E-state index >= 15 is 0 Å². The van der Waals surface area contributed by atoms with Gasteiger partial charge in [0.25, 0.3) is 0 Å². The average Bonchev–Trinajstić information content (AvgIpc) is 2.97. The molecule has 0 heterocycles. The fourth-order valence-electron chi connectivity index (χ4n) is 5.30. The van der Waals surface area contributed by atoms with E-state index in [0.29, 0.717) is 12.8 Å². The Balaban J connectivity index is -0.000000327. The quantitative estimate of drug-likeness (QED) is 0.0408. The third kappa shape index (κ3) is 67.0. The van der Waals surface area contributed by atoms with Crippen molar-refractivity contribution in [3.63, 3.8) is 0 Å². The van der Waals surface area contributed by atoms with E-state index in [-0.39, 0.29) is 37.7 Å². The van der Waals surface area contributed by atoms with Crippen LogP contribution in [0.1, 0.15) is 219 Å². The van der Waals surface area contributed by atoms with Crippen LogP contribution in [0.15, 0.2) is 0 Å². The molecule has 0 aromatic carbocycles. The van der Waals surface area contributed by atoms with Crippen molar-refractivity contribution in [1.29, 1.82) is 0 Å². The Morgan fingerprint density at radius 3 is 0.644 bits per heavy atom. The normalized spacial score (nSPS) is 10.2. The SMILES string of the molecule is CCCCCCCCCCCCCCCCCC(=O)O.CCCCCCCCCCCCCCCCCC(=O)O.O=[Si](O)O.[CaH2]. The summed E-state index contributed by atoms with van der Waals surface area (Å²) >= 11 is 0. The predicted octanol–water partition coefficient (Wildman–Crippen LogP) is 10.1. The van der Waals surface area contributed by atoms with Crippen molar-refractivity contribution >= 4 is 58.8 Å². The fourth-order valence-corrected chi connectivity index (χ4v) is 5.30. The minimum absolute atomic E-state index is 0. The third-order valence-electron chi connectivity index (χ3n) is 7.99. The molecule has 0 unspecified atom stereocenters. The molecule has 9 heteroatoms. The maximum atomic E-state index is 10.3. The zero-order valence-corrected chi connectivity index (χ0v) is 30.1. The van der Waals surface area contributed by atoms with Crippen molar-refractivity contribution in [2.75, 3.05) is 0 Å². The zero-order chi connectivity index (χ0) is 33.4. The first-order valence-electron chi connectivity index (χ1n) is 18.6. The van der Waals surface area contributed by atoms with Crippen LogP contribution in [0.5, 0.6) is 0 Å². The standard InChI is InChI=1S/2C18H36O2.Ca.H2O3Si.2H/c2*1-2-3-4-5-6-7-8-9-10-11-12-13-14-15-16-17-18(19)20;;1-4(2)3;;/h2*2-17H2,1H3,(H,19,20);;1-2H;;. The Bertz CT molecular complexity index is 546. The van der Waals surface area contributed by atoms with Gasteiger partial charge in [-0.3, -0.25) is 14.1 Å². The molecule has 0 aromatic heterocycles. The topological polar surface area (TPSA) is 132 Å². The number of hydrogen-bond donors (Lipinski definition) is 4. The average molecular weight is 689 g/mol. The Hall–Kier alpha value is -0.183. The zero-order valence-electron chi connectivity index (χ0n) is 29.1. The van der Waals surface area contributed by atoms with Gasteiger partial charge in [0.15, 0.2) is 0 Å². The molecule has 0 aromatic rings. The molecule has 7 nitrogen and oxygen atoms in total. The van der Waals surface area contributed by atoms with Gasteiger partial charge < -0.3 is 19.8 Å². The monoisotopic (exact) mass is 688 g/mol. The van der Waals surface area contributed by atoms with Crippen LogP contribution in [0.3, 0.4) is 0 Å². The van der Waals surface area contributed by atoms with Crippen molar-refractivity contribution in [1.82, 2.24) is 0 Å². The van der Waals surface area contributed by atoms with Gasteiger partial charge in [0.2, 0.25) is 0 Å². The molecule has 0 spiro atoms. The van der Waals surface area contributed by atoms with Crippen LogP contribution >= 0.6 is 0 Å². The maximum absolute atomic E-state index is 10.3. The summed E-state index contributed by atoms with van der Waals surface area (Å²) in [6.07, 6.45) is 40.4. The first kappa shape index (κ1) is 51.6. The molecule has 0 aliphatic rings. The van der Waals surface area contributed by atoms with Gasteiger partial charge in [-0.25, -0.2) is 0 Å². The van der Waals surface area contributed by atoms with E-state index in [4.69, 9.17) is 24.3 Å². The van der Waals surface area contributed by atoms with E-state index in [2.05, 4.69) is 13.8 Å². The minimum atomic E-state index is -3.13. The predicted molar refractivity (Wildman–Crippen MR) is 194 cm³/mol. The molecule has 0 atom stereocenters. The second kappa shape index (κ2) is 48.2. The molecule has 0 aliphatic heterocycles. The Morgan fingerprint density at radius 2 is 0.511 bits per heavy atom. The van der Waals surface area contributed by atoms with Crippen LogP contribution in [0.2, 0.25) is 0 Å². The number of carboxylic acid groups (broad SMARTS) is 2. The molecule has 4 N–H and O–H groups in total. The molecular weight excluding hydrogens is 613 g/mol. The second-order valence-corrected chi connectivity index (χ2v) is 13.0. The fraction of sp³-hybridized carbons (Fsp3) is 0.944. The van der Waals surface area contributed by atoms with E-state index in [1.165, 1.54) is 167 Å². The van der Waals surface area contributed by atoms with Crippen LogP contribution in [0.4, 0.5) is 0 Å². The van der Waals surface area contributed by atoms with Crippen molar-refractivity contribution in [3.8, 4) is 0 Å². The summed E-state index contributed by atoms with van der Waals surface area (Å²) in [7, 11) is -3.13. The summed E-state index contributed by atoms with van der Waals surface area (Å²) in [5.41, 5.74) is 0. The summed E-state index contributed by atoms with van der Waals surface area (Å²) in [4.78, 5) is 35.0. The van der Waals surface area contributed by atoms with Gasteiger partial charge in [-0.1, -0.05) is 194 Å². The van der Waals surface area contributed by atoms with Gasteiger partial charge in [0, 0.05) is 12.8 Å². The van der Waals surface area contributed by atoms with E-state index in [1.807, 2.05) is 0 Å². The Morgan fingerprint density at radius 1 is 0.378 bits per heavy atom. The van der Waals surface area contributed by atoms with Crippen molar-refractivity contribution in [3.05, 3.63) is 0 Å². The van der Waals surface area contributed by atoms with Gasteiger partial charge in [-0.15, -0.1) is 0 Å². The summed E-state index contributed by atoms with van der Waals surface area (Å²) in [5.74, 6) is -1.31. The molecule has 0 saturated carbocycles. The van der Waals surface area contributed by atoms with Crippen LogP contribution < -0.4 is 0 Å². The van der Waals surface area contributed by atoms with Crippen LogP contribution in [0.25, 0.3) is 0 Å². The van der Waals surface area contributed by atoms with Crippen molar-refractivity contribution < 1.29 is 33.9 Å². The van der Waals surface area contributed by atoms with Crippen molar-refractivity contribution in [2.45, 2.75) is 219 Å². The van der Waals surface area contributed by atoms with E-state index < -0.39 is 21.1 Å². The number of aliphatic carboxylic acids is 2. The number of rotatable bonds is 32. The Kier molecular flexibility index (Phi) is 55.3. The van der Waals surface area contributed by atoms with E-state index in [1.54, 1.807) is 0 Å². The molecule has 0 saturated heterocycles. The molecule has 0 bridgehead atoms. The molecule has 45 heavy (non-hydrogen) atoms. The molecule has 0 aliphatic carbocycles. The molecule has 268 valence electrons. The van der Waals surface area contributed by atoms with E-state index in [9.17, 15) is 9.59 Å². The van der Waals surface area contributed by atoms with Crippen LogP contribution in [0, 0.1) is 0 Å². The first-order valence-corrected chi connectivity index (χ1v) is 19.9. The molecule has 0 amide bonds. The van der Waals surface area contributed by atoms with E-state index in [0.717, 1.165) is 25.7 Å². The number of unbranched alkanes of at least 4 members (excludes halogenated alkanes) is 28. The summed E-state index contributed by atoms with van der Waals surface area (Å²) in [6.45, 7) is 4.54.